The largest absolute Gasteiger partial charge is 0.312 e. The first-order valence-electron chi connectivity index (χ1n) is 5.96. The number of nitrogens with zero attached hydrogens (tertiary/aromatic N) is 1. The van der Waals surface area contributed by atoms with Crippen molar-refractivity contribution in [2.24, 2.45) is 0 Å². The van der Waals surface area contributed by atoms with E-state index in [1.807, 2.05) is 12.1 Å². The summed E-state index contributed by atoms with van der Waals surface area (Å²) in [6.45, 7) is 1.32. The predicted octanol–water partition coefficient (Wildman–Crippen LogP) is 0.968. The molecule has 1 aromatic carbocycles. The van der Waals surface area contributed by atoms with Crippen molar-refractivity contribution < 1.29 is 9.59 Å². The van der Waals surface area contributed by atoms with Crippen LogP contribution in [0.3, 0.4) is 0 Å². The van der Waals surface area contributed by atoms with Crippen LogP contribution in [0.15, 0.2) is 24.3 Å². The summed E-state index contributed by atoms with van der Waals surface area (Å²) in [4.78, 5) is 25.1. The van der Waals surface area contributed by atoms with Crippen molar-refractivity contribution >= 4 is 17.4 Å². The maximum absolute atomic E-state index is 11.8. The number of benzene rings is 1. The molecular formula is C13H14N2O2. The number of carbonyl (C=O) groups excluding carboxylic acids is 2. The molecule has 1 fully saturated rings. The number of fused-ring (bicyclic) bond motifs is 1. The molecule has 1 aliphatic heterocycles. The average molecular weight is 230 g/mol. The van der Waals surface area contributed by atoms with Crippen LogP contribution in [0.4, 0.5) is 5.69 Å². The zero-order chi connectivity index (χ0) is 11.8. The Kier molecular flexibility index (Phi) is 2.44. The first-order chi connectivity index (χ1) is 8.27. The summed E-state index contributed by atoms with van der Waals surface area (Å²) in [6.07, 6.45) is 2.45. The average Bonchev–Trinajstić information content (AvgIpc) is 3.13. The van der Waals surface area contributed by atoms with Crippen molar-refractivity contribution in [1.82, 2.24) is 5.32 Å². The SMILES string of the molecule is O=C1C(=O)N(CCNC2CC2)c2ccccc21. The van der Waals surface area contributed by atoms with Crippen molar-refractivity contribution in [1.29, 1.82) is 0 Å². The molecule has 0 unspecified atom stereocenters. The van der Waals surface area contributed by atoms with E-state index < -0.39 is 5.91 Å². The molecule has 4 heteroatoms. The van der Waals surface area contributed by atoms with Gasteiger partial charge in [0, 0.05) is 19.1 Å². The van der Waals surface area contributed by atoms with Crippen molar-refractivity contribution in [2.75, 3.05) is 18.0 Å². The normalized spacial score (nSPS) is 18.7. The topological polar surface area (TPSA) is 49.4 Å². The number of amides is 1. The van der Waals surface area contributed by atoms with E-state index in [4.69, 9.17) is 0 Å². The number of hydrogen-bond donors (Lipinski definition) is 1. The molecule has 1 saturated carbocycles. The maximum Gasteiger partial charge on any atom is 0.299 e. The number of anilines is 1. The molecule has 1 N–H and O–H groups in total. The molecule has 17 heavy (non-hydrogen) atoms. The van der Waals surface area contributed by atoms with Gasteiger partial charge < -0.3 is 10.2 Å². The minimum Gasteiger partial charge on any atom is -0.312 e. The lowest BCUT2D eigenvalue weighted by molar-refractivity contribution is -0.114. The summed E-state index contributed by atoms with van der Waals surface area (Å²) in [5.41, 5.74) is 1.28. The molecule has 2 aliphatic rings. The molecule has 1 aliphatic carbocycles. The lowest BCUT2D eigenvalue weighted by atomic mass is 10.1. The molecule has 3 rings (SSSR count). The summed E-state index contributed by atoms with van der Waals surface area (Å²) >= 11 is 0. The second-order valence-electron chi connectivity index (χ2n) is 4.53. The van der Waals surface area contributed by atoms with Gasteiger partial charge in [-0.3, -0.25) is 9.59 Å². The highest BCUT2D eigenvalue weighted by Gasteiger charge is 2.35. The van der Waals surface area contributed by atoms with Crippen LogP contribution in [-0.4, -0.2) is 30.8 Å². The smallest absolute Gasteiger partial charge is 0.299 e. The molecule has 4 nitrogen and oxygen atoms in total. The lowest BCUT2D eigenvalue weighted by Crippen LogP contribution is -2.36. The number of para-hydroxylation sites is 1. The minimum absolute atomic E-state index is 0.382. The van der Waals surface area contributed by atoms with Gasteiger partial charge in [0.1, 0.15) is 0 Å². The zero-order valence-corrected chi connectivity index (χ0v) is 9.48. The first-order valence-corrected chi connectivity index (χ1v) is 5.96. The van der Waals surface area contributed by atoms with Gasteiger partial charge in [-0.1, -0.05) is 12.1 Å². The Hall–Kier alpha value is -1.68. The summed E-state index contributed by atoms with van der Waals surface area (Å²) in [5, 5.41) is 3.34. The highest BCUT2D eigenvalue weighted by Crippen LogP contribution is 2.28. The number of Topliss-reactive ketones (excluding diaryl/α,β-unsaturated/α-hetero) is 1. The summed E-state index contributed by atoms with van der Waals surface area (Å²) in [6, 6.07) is 7.81. The fourth-order valence-electron chi connectivity index (χ4n) is 2.14. The van der Waals surface area contributed by atoms with E-state index in [1.165, 1.54) is 12.8 Å². The van der Waals surface area contributed by atoms with E-state index in [2.05, 4.69) is 5.32 Å². The molecule has 0 atom stereocenters. The Morgan fingerprint density at radius 1 is 1.24 bits per heavy atom. The summed E-state index contributed by atoms with van der Waals surface area (Å²) < 4.78 is 0. The van der Waals surface area contributed by atoms with E-state index in [0.29, 0.717) is 18.2 Å². The van der Waals surface area contributed by atoms with E-state index in [-0.39, 0.29) is 5.78 Å². The third kappa shape index (κ3) is 1.85. The van der Waals surface area contributed by atoms with Gasteiger partial charge in [-0.05, 0) is 25.0 Å². The molecule has 0 aromatic heterocycles. The molecule has 0 saturated heterocycles. The number of carbonyl (C=O) groups is 2. The Balaban J connectivity index is 1.74. The van der Waals surface area contributed by atoms with E-state index in [1.54, 1.807) is 17.0 Å². The van der Waals surface area contributed by atoms with Crippen molar-refractivity contribution in [3.05, 3.63) is 29.8 Å². The standard InChI is InChI=1S/C13H14N2O2/c16-12-10-3-1-2-4-11(10)15(13(12)17)8-7-14-9-5-6-9/h1-4,9,14H,5-8H2. The summed E-state index contributed by atoms with van der Waals surface area (Å²) in [5.74, 6) is -0.782. The molecule has 0 bridgehead atoms. The Bertz CT molecular complexity index is 480. The highest BCUT2D eigenvalue weighted by molar-refractivity contribution is 6.52. The van der Waals surface area contributed by atoms with Crippen molar-refractivity contribution in [3.63, 3.8) is 0 Å². The van der Waals surface area contributed by atoms with E-state index >= 15 is 0 Å². The number of ketones is 1. The van der Waals surface area contributed by atoms with Gasteiger partial charge in [0.15, 0.2) is 0 Å². The lowest BCUT2D eigenvalue weighted by Gasteiger charge is -2.16. The molecule has 1 amide bonds. The fraction of sp³-hybridized carbons (Fsp3) is 0.385. The number of rotatable bonds is 4. The van der Waals surface area contributed by atoms with Crippen LogP contribution in [0.5, 0.6) is 0 Å². The van der Waals surface area contributed by atoms with Crippen LogP contribution in [0.2, 0.25) is 0 Å². The molecule has 0 radical (unpaired) electrons. The van der Waals surface area contributed by atoms with Gasteiger partial charge in [-0.15, -0.1) is 0 Å². The van der Waals surface area contributed by atoms with Gasteiger partial charge in [0.2, 0.25) is 0 Å². The van der Waals surface area contributed by atoms with Crippen LogP contribution in [0, 0.1) is 0 Å². The van der Waals surface area contributed by atoms with Crippen LogP contribution in [0.1, 0.15) is 23.2 Å². The van der Waals surface area contributed by atoms with Crippen LogP contribution >= 0.6 is 0 Å². The van der Waals surface area contributed by atoms with Crippen molar-refractivity contribution in [2.45, 2.75) is 18.9 Å². The van der Waals surface area contributed by atoms with Gasteiger partial charge in [0.05, 0.1) is 11.3 Å². The van der Waals surface area contributed by atoms with Gasteiger partial charge in [-0.2, -0.15) is 0 Å². The van der Waals surface area contributed by atoms with Crippen LogP contribution in [-0.2, 0) is 4.79 Å². The van der Waals surface area contributed by atoms with Gasteiger partial charge in [0.25, 0.3) is 11.7 Å². The second-order valence-corrected chi connectivity index (χ2v) is 4.53. The van der Waals surface area contributed by atoms with Crippen LogP contribution in [0.25, 0.3) is 0 Å². The first kappa shape index (κ1) is 10.5. The van der Waals surface area contributed by atoms with Crippen molar-refractivity contribution in [3.8, 4) is 0 Å². The fourth-order valence-corrected chi connectivity index (χ4v) is 2.14. The second kappa shape index (κ2) is 3.96. The molecule has 1 aromatic rings. The summed E-state index contributed by atoms with van der Waals surface area (Å²) in [7, 11) is 0. The van der Waals surface area contributed by atoms with Gasteiger partial charge in [-0.25, -0.2) is 0 Å². The Labute approximate surface area is 99.6 Å². The predicted molar refractivity (Wildman–Crippen MR) is 64.2 cm³/mol. The molecular weight excluding hydrogens is 216 g/mol. The van der Waals surface area contributed by atoms with E-state index in [9.17, 15) is 9.59 Å². The Morgan fingerprint density at radius 3 is 2.76 bits per heavy atom. The molecule has 88 valence electrons. The van der Waals surface area contributed by atoms with Gasteiger partial charge >= 0.3 is 0 Å². The molecule has 1 heterocycles. The highest BCUT2D eigenvalue weighted by atomic mass is 16.2. The number of nitrogens with one attached hydrogen (secondary N) is 1. The third-order valence-corrected chi connectivity index (χ3v) is 3.22. The zero-order valence-electron chi connectivity index (χ0n) is 9.48. The minimum atomic E-state index is -0.399. The monoisotopic (exact) mass is 230 g/mol. The molecule has 0 spiro atoms. The number of hydrogen-bond acceptors (Lipinski definition) is 3. The third-order valence-electron chi connectivity index (χ3n) is 3.22. The van der Waals surface area contributed by atoms with Crippen LogP contribution < -0.4 is 10.2 Å². The maximum atomic E-state index is 11.8. The van der Waals surface area contributed by atoms with E-state index in [0.717, 1.165) is 12.2 Å². The quantitative estimate of drug-likeness (QED) is 0.784. The Morgan fingerprint density at radius 2 is 2.00 bits per heavy atom.